The molecule has 0 N–H and O–H groups in total. The van der Waals surface area contributed by atoms with Gasteiger partial charge in [0.1, 0.15) is 6.10 Å². The first-order valence-corrected chi connectivity index (χ1v) is 9.95. The van der Waals surface area contributed by atoms with E-state index in [0.717, 1.165) is 19.3 Å². The number of carbonyl (C=O) groups is 1. The first-order chi connectivity index (χ1) is 9.45. The van der Waals surface area contributed by atoms with Crippen molar-refractivity contribution in [2.75, 3.05) is 13.2 Å². The monoisotopic (exact) mass is 302 g/mol. The third-order valence-corrected chi connectivity index (χ3v) is 6.99. The Labute approximate surface area is 124 Å². The van der Waals surface area contributed by atoms with Crippen LogP contribution in [-0.2, 0) is 18.4 Å². The van der Waals surface area contributed by atoms with Gasteiger partial charge in [0.15, 0.2) is 0 Å². The Balaban J connectivity index is 4.90. The van der Waals surface area contributed by atoms with Gasteiger partial charge in [-0.1, -0.05) is 34.3 Å². The highest BCUT2D eigenvalue weighted by atomic mass is 28.4. The minimum Gasteiger partial charge on any atom is -0.459 e. The second-order valence-corrected chi connectivity index (χ2v) is 8.61. The van der Waals surface area contributed by atoms with Crippen molar-refractivity contribution >= 4 is 14.5 Å². The number of esters is 1. The molecule has 0 aliphatic rings. The predicted molar refractivity (Wildman–Crippen MR) is 83.9 cm³/mol. The summed E-state index contributed by atoms with van der Waals surface area (Å²) < 4.78 is 17.5. The highest BCUT2D eigenvalue weighted by molar-refractivity contribution is 6.67. The summed E-state index contributed by atoms with van der Waals surface area (Å²) >= 11 is 0. The minimum atomic E-state index is -2.37. The van der Waals surface area contributed by atoms with Crippen molar-refractivity contribution in [2.24, 2.45) is 0 Å². The van der Waals surface area contributed by atoms with E-state index >= 15 is 0 Å². The van der Waals surface area contributed by atoms with Crippen molar-refractivity contribution in [3.63, 3.8) is 0 Å². The highest BCUT2D eigenvalue weighted by Gasteiger charge is 2.43. The molecule has 5 heteroatoms. The third-order valence-electron chi connectivity index (χ3n) is 3.41. The molecule has 0 heterocycles. The Morgan fingerprint density at radius 2 is 1.70 bits per heavy atom. The zero-order valence-electron chi connectivity index (χ0n) is 13.6. The summed E-state index contributed by atoms with van der Waals surface area (Å²) in [6.45, 7) is 15.1. The third kappa shape index (κ3) is 6.20. The lowest BCUT2D eigenvalue weighted by molar-refractivity contribution is -0.143. The van der Waals surface area contributed by atoms with Crippen LogP contribution in [0.5, 0.6) is 0 Å². The van der Waals surface area contributed by atoms with E-state index in [-0.39, 0.29) is 17.6 Å². The lowest BCUT2D eigenvalue weighted by Crippen LogP contribution is -2.48. The van der Waals surface area contributed by atoms with Gasteiger partial charge in [-0.05, 0) is 25.8 Å². The van der Waals surface area contributed by atoms with Gasteiger partial charge < -0.3 is 13.6 Å². The molecule has 0 aromatic carbocycles. The number of hydrogen-bond donors (Lipinski definition) is 0. The van der Waals surface area contributed by atoms with Gasteiger partial charge in [-0.15, -0.1) is 0 Å². The van der Waals surface area contributed by atoms with E-state index in [1.165, 1.54) is 6.08 Å². The fraction of sp³-hybridized carbons (Fsp3) is 0.800. The summed E-state index contributed by atoms with van der Waals surface area (Å²) in [5.74, 6) is -0.383. The maximum atomic E-state index is 11.4. The number of ether oxygens (including phenoxy) is 1. The Morgan fingerprint density at radius 3 is 2.05 bits per heavy atom. The molecule has 0 amide bonds. The van der Waals surface area contributed by atoms with Gasteiger partial charge >= 0.3 is 14.5 Å². The fourth-order valence-corrected chi connectivity index (χ4v) is 4.79. The van der Waals surface area contributed by atoms with Crippen LogP contribution in [0.15, 0.2) is 12.7 Å². The average Bonchev–Trinajstić information content (AvgIpc) is 2.47. The van der Waals surface area contributed by atoms with Crippen LogP contribution in [0, 0.1) is 0 Å². The molecular weight excluding hydrogens is 272 g/mol. The first kappa shape index (κ1) is 19.3. The summed E-state index contributed by atoms with van der Waals surface area (Å²) in [4.78, 5) is 11.4. The van der Waals surface area contributed by atoms with Gasteiger partial charge in [-0.25, -0.2) is 4.79 Å². The van der Waals surface area contributed by atoms with E-state index in [2.05, 4.69) is 33.9 Å². The number of rotatable bonds is 11. The first-order valence-electron chi connectivity index (χ1n) is 7.56. The summed E-state index contributed by atoms with van der Waals surface area (Å²) in [7, 11) is -2.37. The minimum absolute atomic E-state index is 0.0782. The topological polar surface area (TPSA) is 44.8 Å². The second-order valence-electron chi connectivity index (χ2n) is 5.09. The van der Waals surface area contributed by atoms with Crippen LogP contribution in [0.3, 0.4) is 0 Å². The Hall–Kier alpha value is -0.653. The van der Waals surface area contributed by atoms with Crippen molar-refractivity contribution in [3.05, 3.63) is 12.7 Å². The molecule has 2 unspecified atom stereocenters. The summed E-state index contributed by atoms with van der Waals surface area (Å²) in [5, 5.41) is 0. The van der Waals surface area contributed by atoms with Crippen molar-refractivity contribution in [1.82, 2.24) is 0 Å². The molecule has 0 rings (SSSR count). The van der Waals surface area contributed by atoms with Crippen LogP contribution >= 0.6 is 0 Å². The zero-order valence-corrected chi connectivity index (χ0v) is 14.6. The van der Waals surface area contributed by atoms with Gasteiger partial charge in [0.05, 0.1) is 0 Å². The standard InChI is InChI=1S/C15H30O4Si/c1-7-11-17-20(6,18-12-8-2)13(5)14(9-3)19-15(16)10-4/h10,13-14H,4,7-9,11-12H2,1-3,5-6H3. The largest absolute Gasteiger partial charge is 0.459 e. The Morgan fingerprint density at radius 1 is 1.20 bits per heavy atom. The molecule has 118 valence electrons. The molecule has 0 saturated carbocycles. The molecule has 0 radical (unpaired) electrons. The summed E-state index contributed by atoms with van der Waals surface area (Å²) in [6, 6.07) is 0. The molecule has 20 heavy (non-hydrogen) atoms. The van der Waals surface area contributed by atoms with Gasteiger partial charge in [0.25, 0.3) is 0 Å². The summed E-state index contributed by atoms with van der Waals surface area (Å²) in [5.41, 5.74) is 0.0782. The van der Waals surface area contributed by atoms with E-state index < -0.39 is 8.56 Å². The van der Waals surface area contributed by atoms with Crippen LogP contribution < -0.4 is 0 Å². The zero-order chi connectivity index (χ0) is 15.6. The van der Waals surface area contributed by atoms with Crippen molar-refractivity contribution < 1.29 is 18.4 Å². The molecule has 2 atom stereocenters. The lowest BCUT2D eigenvalue weighted by Gasteiger charge is -2.36. The highest BCUT2D eigenvalue weighted by Crippen LogP contribution is 2.31. The smallest absolute Gasteiger partial charge is 0.341 e. The van der Waals surface area contributed by atoms with Crippen LogP contribution in [0.2, 0.25) is 12.1 Å². The van der Waals surface area contributed by atoms with E-state index in [1.54, 1.807) is 0 Å². The molecular formula is C15H30O4Si. The molecule has 4 nitrogen and oxygen atoms in total. The van der Waals surface area contributed by atoms with Gasteiger partial charge in [0.2, 0.25) is 0 Å². The van der Waals surface area contributed by atoms with E-state index in [1.807, 2.05) is 6.92 Å². The number of hydrogen-bond acceptors (Lipinski definition) is 4. The quantitative estimate of drug-likeness (QED) is 0.331. The SMILES string of the molecule is C=CC(=O)OC(CC)C(C)[Si](C)(OCCC)OCCC. The van der Waals surface area contributed by atoms with Gasteiger partial charge in [-0.2, -0.15) is 0 Å². The van der Waals surface area contributed by atoms with Crippen molar-refractivity contribution in [3.8, 4) is 0 Å². The van der Waals surface area contributed by atoms with Crippen molar-refractivity contribution in [1.29, 1.82) is 0 Å². The fourth-order valence-electron chi connectivity index (χ4n) is 1.99. The van der Waals surface area contributed by atoms with E-state index in [0.29, 0.717) is 13.2 Å². The molecule has 0 spiro atoms. The molecule has 0 aliphatic heterocycles. The van der Waals surface area contributed by atoms with Crippen LogP contribution in [-0.4, -0.2) is 33.8 Å². The Kier molecular flexibility index (Phi) is 9.80. The van der Waals surface area contributed by atoms with E-state index in [9.17, 15) is 4.79 Å². The molecule has 0 fully saturated rings. The van der Waals surface area contributed by atoms with Crippen LogP contribution in [0.25, 0.3) is 0 Å². The normalized spacial score (nSPS) is 14.7. The lowest BCUT2D eigenvalue weighted by atomic mass is 10.2. The van der Waals surface area contributed by atoms with E-state index in [4.69, 9.17) is 13.6 Å². The second kappa shape index (κ2) is 10.1. The molecule has 0 aromatic rings. The predicted octanol–water partition coefficient (Wildman–Crippen LogP) is 3.81. The average molecular weight is 302 g/mol. The molecule has 0 saturated heterocycles. The maximum absolute atomic E-state index is 11.4. The molecule has 0 aromatic heterocycles. The van der Waals surface area contributed by atoms with Crippen LogP contribution in [0.4, 0.5) is 0 Å². The van der Waals surface area contributed by atoms with Crippen LogP contribution in [0.1, 0.15) is 47.0 Å². The van der Waals surface area contributed by atoms with Crippen molar-refractivity contribution in [2.45, 2.75) is 65.1 Å². The number of carbonyl (C=O) groups excluding carboxylic acids is 1. The van der Waals surface area contributed by atoms with Gasteiger partial charge in [0, 0.05) is 24.8 Å². The molecule has 0 aliphatic carbocycles. The van der Waals surface area contributed by atoms with Gasteiger partial charge in [-0.3, -0.25) is 0 Å². The maximum Gasteiger partial charge on any atom is 0.341 e. The summed E-state index contributed by atoms with van der Waals surface area (Å²) in [6.07, 6.45) is 3.66. The molecule has 0 bridgehead atoms. The Bertz CT molecular complexity index is 286.